The topological polar surface area (TPSA) is 42.4 Å². The number of allylic oxidation sites excluding steroid dienone is 1. The fourth-order valence-corrected chi connectivity index (χ4v) is 3.75. The Kier molecular flexibility index (Phi) is 9.64. The fraction of sp³-hybridized carbons (Fsp3) is 0.345. The zero-order valence-corrected chi connectivity index (χ0v) is 19.6. The number of halogens is 1. The van der Waals surface area contributed by atoms with Gasteiger partial charge in [0.1, 0.15) is 11.6 Å². The molecule has 1 N–H and O–H groups in total. The molecule has 0 bridgehead atoms. The maximum atomic E-state index is 14.1. The first-order valence-corrected chi connectivity index (χ1v) is 11.9. The fourth-order valence-electron chi connectivity index (χ4n) is 3.75. The highest BCUT2D eigenvalue weighted by atomic mass is 19.1. The molecule has 1 heterocycles. The molecule has 0 spiro atoms. The molecule has 0 aliphatic carbocycles. The van der Waals surface area contributed by atoms with Gasteiger partial charge in [-0.05, 0) is 79.6 Å². The summed E-state index contributed by atoms with van der Waals surface area (Å²) in [5.74, 6) is -0.507. The van der Waals surface area contributed by atoms with Gasteiger partial charge in [-0.25, -0.2) is 4.39 Å². The van der Waals surface area contributed by atoms with Crippen molar-refractivity contribution in [3.63, 3.8) is 0 Å². The van der Waals surface area contributed by atoms with Gasteiger partial charge in [0.2, 0.25) is 0 Å². The van der Waals surface area contributed by atoms with Crippen LogP contribution >= 0.6 is 0 Å². The van der Waals surface area contributed by atoms with Gasteiger partial charge in [-0.2, -0.15) is 0 Å². The number of hydrogen-bond donors (Lipinski definition) is 1. The highest BCUT2D eigenvalue weighted by Gasteiger charge is 2.07. The minimum Gasteiger partial charge on any atom is -0.508 e. The highest BCUT2D eigenvalue weighted by Crippen LogP contribution is 2.28. The summed E-state index contributed by atoms with van der Waals surface area (Å²) in [6.45, 7) is 5.23. The van der Waals surface area contributed by atoms with Crippen LogP contribution in [0.4, 0.5) is 4.39 Å². The molecule has 0 saturated carbocycles. The summed E-state index contributed by atoms with van der Waals surface area (Å²) < 4.78 is 20.0. The number of phenolic OH excluding ortho intramolecular Hbond substituents is 1. The Morgan fingerprint density at radius 2 is 1.76 bits per heavy atom. The summed E-state index contributed by atoms with van der Waals surface area (Å²) >= 11 is 0. The van der Waals surface area contributed by atoms with E-state index in [-0.39, 0.29) is 5.75 Å². The molecular weight excluding hydrogens is 413 g/mol. The standard InChI is InChI=1S/C29H34FNO2/c1-3-4-8-19-33-22(2)9-6-5-7-10-26-20-25(17-18-31-26)23-11-13-24(14-12-23)28-16-15-27(32)21-29(28)30/h7,10-18,20-22,32H,3-6,8-9,19H2,1-2H3. The van der Waals surface area contributed by atoms with Crippen LogP contribution in [-0.4, -0.2) is 22.8 Å². The SMILES string of the molecule is CCCCCOC(C)CCCC=Cc1cc(-c2ccc(-c3ccc(O)cc3F)cc2)ccn1. The largest absolute Gasteiger partial charge is 0.508 e. The molecule has 0 fully saturated rings. The normalized spacial score (nSPS) is 12.3. The van der Waals surface area contributed by atoms with Crippen LogP contribution < -0.4 is 0 Å². The van der Waals surface area contributed by atoms with Crippen LogP contribution in [0.1, 0.15) is 58.1 Å². The zero-order valence-electron chi connectivity index (χ0n) is 19.6. The van der Waals surface area contributed by atoms with Crippen LogP contribution in [0.5, 0.6) is 5.75 Å². The van der Waals surface area contributed by atoms with Crippen molar-refractivity contribution in [2.75, 3.05) is 6.61 Å². The molecule has 0 aliphatic rings. The van der Waals surface area contributed by atoms with E-state index in [4.69, 9.17) is 4.74 Å². The molecule has 1 atom stereocenters. The number of hydrogen-bond acceptors (Lipinski definition) is 3. The molecular formula is C29H34FNO2. The highest BCUT2D eigenvalue weighted by molar-refractivity contribution is 5.71. The van der Waals surface area contributed by atoms with Gasteiger partial charge in [0.05, 0.1) is 11.8 Å². The molecule has 0 aliphatic heterocycles. The van der Waals surface area contributed by atoms with Gasteiger partial charge in [-0.3, -0.25) is 4.98 Å². The van der Waals surface area contributed by atoms with Crippen LogP contribution in [0.25, 0.3) is 28.3 Å². The number of phenols is 1. The van der Waals surface area contributed by atoms with Crippen LogP contribution in [-0.2, 0) is 4.74 Å². The van der Waals surface area contributed by atoms with E-state index in [1.165, 1.54) is 18.9 Å². The van der Waals surface area contributed by atoms with Gasteiger partial charge in [0, 0.05) is 24.4 Å². The second-order valence-electron chi connectivity index (χ2n) is 8.43. The van der Waals surface area contributed by atoms with Gasteiger partial charge in [0.25, 0.3) is 0 Å². The summed E-state index contributed by atoms with van der Waals surface area (Å²) in [6, 6.07) is 16.0. The predicted molar refractivity (Wildman–Crippen MR) is 135 cm³/mol. The Labute approximate surface area is 197 Å². The van der Waals surface area contributed by atoms with Crippen molar-refractivity contribution >= 4 is 6.08 Å². The molecule has 0 amide bonds. The Morgan fingerprint density at radius 3 is 2.52 bits per heavy atom. The van der Waals surface area contributed by atoms with Crippen LogP contribution in [0.15, 0.2) is 66.9 Å². The Bertz CT molecular complexity index is 1030. The average Bonchev–Trinajstić information content (AvgIpc) is 2.82. The predicted octanol–water partition coefficient (Wildman–Crippen LogP) is 8.04. The zero-order chi connectivity index (χ0) is 23.5. The number of unbranched alkanes of at least 4 members (excludes halogenated alkanes) is 3. The van der Waals surface area contributed by atoms with Crippen LogP contribution in [0.3, 0.4) is 0 Å². The Hall–Kier alpha value is -2.98. The number of rotatable bonds is 12. The number of aromatic nitrogens is 1. The van der Waals surface area contributed by atoms with Crippen molar-refractivity contribution in [3.05, 3.63) is 78.4 Å². The molecule has 3 rings (SSSR count). The Morgan fingerprint density at radius 1 is 0.970 bits per heavy atom. The molecule has 33 heavy (non-hydrogen) atoms. The third-order valence-electron chi connectivity index (χ3n) is 5.68. The van der Waals surface area contributed by atoms with E-state index in [2.05, 4.69) is 37.0 Å². The van der Waals surface area contributed by atoms with Crippen molar-refractivity contribution in [1.29, 1.82) is 0 Å². The van der Waals surface area contributed by atoms with Crippen molar-refractivity contribution in [3.8, 4) is 28.0 Å². The minimum atomic E-state index is -0.434. The summed E-state index contributed by atoms with van der Waals surface area (Å²) in [6.07, 6.45) is 13.2. The summed E-state index contributed by atoms with van der Waals surface area (Å²) in [5, 5.41) is 9.41. The van der Waals surface area contributed by atoms with E-state index >= 15 is 0 Å². The molecule has 0 radical (unpaired) electrons. The third kappa shape index (κ3) is 7.83. The maximum Gasteiger partial charge on any atom is 0.134 e. The van der Waals surface area contributed by atoms with Crippen molar-refractivity contribution in [1.82, 2.24) is 4.98 Å². The van der Waals surface area contributed by atoms with E-state index in [9.17, 15) is 9.50 Å². The van der Waals surface area contributed by atoms with Gasteiger partial charge in [-0.15, -0.1) is 0 Å². The number of pyridine rings is 1. The maximum absolute atomic E-state index is 14.1. The van der Waals surface area contributed by atoms with Gasteiger partial charge < -0.3 is 9.84 Å². The van der Waals surface area contributed by atoms with E-state index in [1.807, 2.05) is 36.5 Å². The second-order valence-corrected chi connectivity index (χ2v) is 8.43. The molecule has 2 aromatic carbocycles. The summed E-state index contributed by atoms with van der Waals surface area (Å²) in [5.41, 5.74) is 4.28. The number of ether oxygens (including phenoxy) is 1. The monoisotopic (exact) mass is 447 g/mol. The molecule has 3 aromatic rings. The molecule has 1 unspecified atom stereocenters. The number of benzene rings is 2. The molecule has 4 heteroatoms. The van der Waals surface area contributed by atoms with Crippen molar-refractivity contribution < 1.29 is 14.2 Å². The van der Waals surface area contributed by atoms with Crippen molar-refractivity contribution in [2.45, 2.75) is 58.5 Å². The first-order valence-electron chi connectivity index (χ1n) is 11.9. The lowest BCUT2D eigenvalue weighted by Crippen LogP contribution is -2.08. The Balaban J connectivity index is 1.53. The molecule has 1 aromatic heterocycles. The lowest BCUT2D eigenvalue weighted by molar-refractivity contribution is 0.0566. The van der Waals surface area contributed by atoms with Gasteiger partial charge >= 0.3 is 0 Å². The van der Waals surface area contributed by atoms with E-state index in [1.54, 1.807) is 6.07 Å². The number of aromatic hydroxyl groups is 1. The van der Waals surface area contributed by atoms with E-state index in [0.29, 0.717) is 11.7 Å². The quantitative estimate of drug-likeness (QED) is 0.286. The lowest BCUT2D eigenvalue weighted by atomic mass is 10.00. The van der Waals surface area contributed by atoms with Gasteiger partial charge in [-0.1, -0.05) is 50.1 Å². The van der Waals surface area contributed by atoms with Crippen LogP contribution in [0, 0.1) is 5.82 Å². The first-order chi connectivity index (χ1) is 16.1. The second kappa shape index (κ2) is 12.9. The van der Waals surface area contributed by atoms with Crippen molar-refractivity contribution in [2.24, 2.45) is 0 Å². The molecule has 0 saturated heterocycles. The molecule has 3 nitrogen and oxygen atoms in total. The van der Waals surface area contributed by atoms with E-state index < -0.39 is 5.82 Å². The average molecular weight is 448 g/mol. The van der Waals surface area contributed by atoms with Gasteiger partial charge in [0.15, 0.2) is 0 Å². The number of nitrogens with zero attached hydrogens (tertiary/aromatic N) is 1. The summed E-state index contributed by atoms with van der Waals surface area (Å²) in [7, 11) is 0. The lowest BCUT2D eigenvalue weighted by Gasteiger charge is -2.12. The first kappa shape index (κ1) is 24.7. The van der Waals surface area contributed by atoms with E-state index in [0.717, 1.165) is 60.7 Å². The van der Waals surface area contributed by atoms with Crippen LogP contribution in [0.2, 0.25) is 0 Å². The third-order valence-corrected chi connectivity index (χ3v) is 5.68. The smallest absolute Gasteiger partial charge is 0.134 e. The minimum absolute atomic E-state index is 0.0736. The molecule has 174 valence electrons. The summed E-state index contributed by atoms with van der Waals surface area (Å²) in [4.78, 5) is 4.46.